The maximum absolute atomic E-state index is 12.8. The van der Waals surface area contributed by atoms with E-state index in [9.17, 15) is 9.59 Å². The predicted octanol–water partition coefficient (Wildman–Crippen LogP) is 2.15. The molecule has 1 aliphatic heterocycles. The van der Waals surface area contributed by atoms with E-state index in [-0.39, 0.29) is 30.3 Å². The van der Waals surface area contributed by atoms with Crippen molar-refractivity contribution in [3.63, 3.8) is 0 Å². The number of anilines is 1. The van der Waals surface area contributed by atoms with Crippen molar-refractivity contribution in [2.45, 2.75) is 51.6 Å². The largest absolute Gasteiger partial charge is 0.369 e. The van der Waals surface area contributed by atoms with E-state index >= 15 is 0 Å². The van der Waals surface area contributed by atoms with Crippen molar-refractivity contribution >= 4 is 17.5 Å². The molecule has 2 aliphatic rings. The van der Waals surface area contributed by atoms with Crippen molar-refractivity contribution < 1.29 is 9.59 Å². The van der Waals surface area contributed by atoms with Gasteiger partial charge in [0.05, 0.1) is 12.0 Å². The lowest BCUT2D eigenvalue weighted by atomic mass is 9.83. The van der Waals surface area contributed by atoms with Gasteiger partial charge in [0.25, 0.3) is 5.91 Å². The molecule has 2 atom stereocenters. The minimum absolute atomic E-state index is 0.00287. The first-order chi connectivity index (χ1) is 14.5. The van der Waals surface area contributed by atoms with E-state index < -0.39 is 0 Å². The van der Waals surface area contributed by atoms with Gasteiger partial charge in [-0.3, -0.25) is 14.5 Å². The van der Waals surface area contributed by atoms with Crippen molar-refractivity contribution in [2.24, 2.45) is 5.92 Å². The Labute approximate surface area is 179 Å². The second-order valence-electron chi connectivity index (χ2n) is 8.51. The van der Waals surface area contributed by atoms with Crippen LogP contribution in [0.15, 0.2) is 24.3 Å². The van der Waals surface area contributed by atoms with Gasteiger partial charge in [-0.15, -0.1) is 0 Å². The van der Waals surface area contributed by atoms with E-state index in [2.05, 4.69) is 34.3 Å². The Morgan fingerprint density at radius 3 is 2.40 bits per heavy atom. The van der Waals surface area contributed by atoms with Gasteiger partial charge in [-0.05, 0) is 51.0 Å². The normalized spacial score (nSPS) is 22.4. The summed E-state index contributed by atoms with van der Waals surface area (Å²) in [6.45, 7) is 8.55. The highest BCUT2D eigenvalue weighted by Gasteiger charge is 2.32. The third-order valence-corrected chi connectivity index (χ3v) is 6.30. The Hall–Kier alpha value is -2.59. The molecular formula is C23H33N5O2. The van der Waals surface area contributed by atoms with Crippen LogP contribution in [0.2, 0.25) is 0 Å². The number of nitriles is 1. The lowest BCUT2D eigenvalue weighted by Gasteiger charge is -2.38. The maximum Gasteiger partial charge on any atom is 0.251 e. The quantitative estimate of drug-likeness (QED) is 0.700. The number of carbonyl (C=O) groups excluding carboxylic acids is 2. The molecule has 2 N–H and O–H groups in total. The number of hydrogen-bond acceptors (Lipinski definition) is 5. The third-order valence-electron chi connectivity index (χ3n) is 6.30. The van der Waals surface area contributed by atoms with E-state index in [0.717, 1.165) is 57.5 Å². The van der Waals surface area contributed by atoms with E-state index in [1.165, 1.54) is 0 Å². The standard InChI is InChI=1S/C23H33N5O2/c1-17(2)27-13-15-28(16-14-27)19-9-7-18(8-10-19)22(29)26-21-6-4-3-5-20(21)23(30)25-12-11-24/h7-10,17,20-21H,3-6,12-16H2,1-2H3,(H,25,30)(H,26,29)/t20-,21+/m1/s1. The van der Waals surface area contributed by atoms with E-state index in [1.807, 2.05) is 30.3 Å². The molecule has 0 bridgehead atoms. The molecule has 162 valence electrons. The molecule has 1 aromatic carbocycles. The number of benzene rings is 1. The highest BCUT2D eigenvalue weighted by Crippen LogP contribution is 2.25. The molecule has 2 amide bonds. The fourth-order valence-electron chi connectivity index (χ4n) is 4.45. The molecular weight excluding hydrogens is 378 g/mol. The molecule has 7 heteroatoms. The van der Waals surface area contributed by atoms with E-state index in [1.54, 1.807) is 0 Å². The fourth-order valence-corrected chi connectivity index (χ4v) is 4.45. The van der Waals surface area contributed by atoms with Crippen LogP contribution in [0.3, 0.4) is 0 Å². The SMILES string of the molecule is CC(C)N1CCN(c2ccc(C(=O)N[C@H]3CCCC[C@H]3C(=O)NCC#N)cc2)CC1. The first-order valence-electron chi connectivity index (χ1n) is 11.0. The number of carbonyl (C=O) groups is 2. The van der Waals surface area contributed by atoms with Crippen molar-refractivity contribution in [3.8, 4) is 6.07 Å². The number of hydrogen-bond donors (Lipinski definition) is 2. The van der Waals surface area contributed by atoms with Crippen molar-refractivity contribution in [1.29, 1.82) is 5.26 Å². The van der Waals surface area contributed by atoms with Crippen LogP contribution in [0.5, 0.6) is 0 Å². The first kappa shape index (κ1) is 22.1. The van der Waals surface area contributed by atoms with Crippen LogP contribution in [-0.2, 0) is 4.79 Å². The Kier molecular flexibility index (Phi) is 7.69. The number of amides is 2. The summed E-state index contributed by atoms with van der Waals surface area (Å²) in [6, 6.07) is 10.1. The second kappa shape index (κ2) is 10.4. The molecule has 1 aliphatic carbocycles. The van der Waals surface area contributed by atoms with E-state index in [0.29, 0.717) is 11.6 Å². The molecule has 0 aromatic heterocycles. The van der Waals surface area contributed by atoms with Crippen LogP contribution in [0.4, 0.5) is 5.69 Å². The summed E-state index contributed by atoms with van der Waals surface area (Å²) in [6.07, 6.45) is 3.49. The Balaban J connectivity index is 1.57. The van der Waals surface area contributed by atoms with Gasteiger partial charge in [0.15, 0.2) is 0 Å². The lowest BCUT2D eigenvalue weighted by Crippen LogP contribution is -2.49. The van der Waals surface area contributed by atoms with Crippen LogP contribution in [-0.4, -0.2) is 61.5 Å². The fraction of sp³-hybridized carbons (Fsp3) is 0.609. The third kappa shape index (κ3) is 5.51. The molecule has 0 radical (unpaired) electrons. The Bertz CT molecular complexity index is 763. The van der Waals surface area contributed by atoms with Gasteiger partial charge < -0.3 is 15.5 Å². The summed E-state index contributed by atoms with van der Waals surface area (Å²) in [5, 5.41) is 14.4. The summed E-state index contributed by atoms with van der Waals surface area (Å²) >= 11 is 0. The van der Waals surface area contributed by atoms with Crippen molar-refractivity contribution in [1.82, 2.24) is 15.5 Å². The molecule has 3 rings (SSSR count). The van der Waals surface area contributed by atoms with Gasteiger partial charge in [0, 0.05) is 49.5 Å². The lowest BCUT2D eigenvalue weighted by molar-refractivity contribution is -0.126. The Morgan fingerprint density at radius 2 is 1.77 bits per heavy atom. The highest BCUT2D eigenvalue weighted by atomic mass is 16.2. The summed E-state index contributed by atoms with van der Waals surface area (Å²) in [7, 11) is 0. The number of rotatable bonds is 6. The smallest absolute Gasteiger partial charge is 0.251 e. The van der Waals surface area contributed by atoms with Gasteiger partial charge in [-0.2, -0.15) is 5.26 Å². The zero-order chi connectivity index (χ0) is 21.5. The topological polar surface area (TPSA) is 88.5 Å². The number of nitrogens with one attached hydrogen (secondary N) is 2. The first-order valence-corrected chi connectivity index (χ1v) is 11.0. The minimum Gasteiger partial charge on any atom is -0.369 e. The summed E-state index contributed by atoms with van der Waals surface area (Å²) in [4.78, 5) is 30.0. The molecule has 2 fully saturated rings. The molecule has 1 saturated heterocycles. The molecule has 0 spiro atoms. The van der Waals surface area contributed by atoms with Crippen LogP contribution in [0.25, 0.3) is 0 Å². The van der Waals surface area contributed by atoms with Gasteiger partial charge in [-0.1, -0.05) is 12.8 Å². The van der Waals surface area contributed by atoms with Crippen molar-refractivity contribution in [2.75, 3.05) is 37.6 Å². The van der Waals surface area contributed by atoms with Gasteiger partial charge in [0.2, 0.25) is 5.91 Å². The number of nitrogens with zero attached hydrogens (tertiary/aromatic N) is 3. The van der Waals surface area contributed by atoms with Crippen LogP contribution < -0.4 is 15.5 Å². The van der Waals surface area contributed by atoms with Crippen LogP contribution in [0, 0.1) is 17.2 Å². The monoisotopic (exact) mass is 411 g/mol. The zero-order valence-electron chi connectivity index (χ0n) is 18.1. The summed E-state index contributed by atoms with van der Waals surface area (Å²) in [5.41, 5.74) is 1.75. The number of piperazine rings is 1. The average Bonchev–Trinajstić information content (AvgIpc) is 2.78. The highest BCUT2D eigenvalue weighted by molar-refractivity contribution is 5.95. The summed E-state index contributed by atoms with van der Waals surface area (Å²) < 4.78 is 0. The molecule has 1 saturated carbocycles. The second-order valence-corrected chi connectivity index (χ2v) is 8.51. The van der Waals surface area contributed by atoms with Gasteiger partial charge in [0.1, 0.15) is 6.54 Å². The molecule has 1 heterocycles. The molecule has 7 nitrogen and oxygen atoms in total. The summed E-state index contributed by atoms with van der Waals surface area (Å²) in [5.74, 6) is -0.554. The molecule has 1 aromatic rings. The average molecular weight is 412 g/mol. The van der Waals surface area contributed by atoms with Gasteiger partial charge >= 0.3 is 0 Å². The maximum atomic E-state index is 12.8. The molecule has 30 heavy (non-hydrogen) atoms. The Morgan fingerprint density at radius 1 is 1.10 bits per heavy atom. The zero-order valence-corrected chi connectivity index (χ0v) is 18.1. The van der Waals surface area contributed by atoms with Gasteiger partial charge in [-0.25, -0.2) is 0 Å². The molecule has 0 unspecified atom stereocenters. The minimum atomic E-state index is -0.271. The van der Waals surface area contributed by atoms with Crippen LogP contribution in [0.1, 0.15) is 49.9 Å². The predicted molar refractivity (Wildman–Crippen MR) is 117 cm³/mol. The van der Waals surface area contributed by atoms with E-state index in [4.69, 9.17) is 5.26 Å². The van der Waals surface area contributed by atoms with Crippen molar-refractivity contribution in [3.05, 3.63) is 29.8 Å². The van der Waals surface area contributed by atoms with Crippen LogP contribution >= 0.6 is 0 Å².